The molecule has 2 rings (SSSR count). The minimum absolute atomic E-state index is 0.0533. The molecule has 1 atom stereocenters. The Labute approximate surface area is 89.3 Å². The first kappa shape index (κ1) is 10.2. The maximum absolute atomic E-state index is 11.6. The summed E-state index contributed by atoms with van der Waals surface area (Å²) in [4.78, 5) is 13.4. The van der Waals surface area contributed by atoms with E-state index in [0.717, 1.165) is 5.56 Å². The fourth-order valence-corrected chi connectivity index (χ4v) is 1.83. The number of rotatable bonds is 2. The number of aliphatic hydroxyl groups excluding tert-OH is 1. The second-order valence-electron chi connectivity index (χ2n) is 3.95. The van der Waals surface area contributed by atoms with Crippen LogP contribution in [0.4, 0.5) is 0 Å². The van der Waals surface area contributed by atoms with Gasteiger partial charge in [0.2, 0.25) is 5.91 Å². The highest BCUT2D eigenvalue weighted by molar-refractivity contribution is 5.77. The lowest BCUT2D eigenvalue weighted by Gasteiger charge is -2.29. The zero-order valence-corrected chi connectivity index (χ0v) is 8.60. The van der Waals surface area contributed by atoms with Gasteiger partial charge in [0.15, 0.2) is 0 Å². The molecule has 0 radical (unpaired) electrons. The molecule has 0 aliphatic carbocycles. The van der Waals surface area contributed by atoms with Crippen molar-refractivity contribution in [2.45, 2.75) is 25.5 Å². The summed E-state index contributed by atoms with van der Waals surface area (Å²) in [6.45, 7) is 1.32. The van der Waals surface area contributed by atoms with E-state index in [1.165, 1.54) is 0 Å². The first-order valence-corrected chi connectivity index (χ1v) is 5.25. The first-order valence-electron chi connectivity index (χ1n) is 5.25. The SMILES string of the molecule is O=C1CC(O)CCN1Cc1ccccc1. The van der Waals surface area contributed by atoms with Crippen LogP contribution in [-0.4, -0.2) is 28.6 Å². The quantitative estimate of drug-likeness (QED) is 0.787. The predicted molar refractivity (Wildman–Crippen MR) is 57.1 cm³/mol. The Morgan fingerprint density at radius 1 is 1.33 bits per heavy atom. The summed E-state index contributed by atoms with van der Waals surface area (Å²) < 4.78 is 0. The van der Waals surface area contributed by atoms with E-state index in [2.05, 4.69) is 0 Å². The van der Waals surface area contributed by atoms with Gasteiger partial charge in [-0.15, -0.1) is 0 Å². The van der Waals surface area contributed by atoms with Crippen molar-refractivity contribution in [2.75, 3.05) is 6.54 Å². The monoisotopic (exact) mass is 205 g/mol. The summed E-state index contributed by atoms with van der Waals surface area (Å²) in [5.41, 5.74) is 1.14. The number of carbonyl (C=O) groups is 1. The van der Waals surface area contributed by atoms with E-state index >= 15 is 0 Å². The molecule has 3 heteroatoms. The van der Waals surface area contributed by atoms with Crippen LogP contribution in [0.15, 0.2) is 30.3 Å². The molecule has 1 aliphatic rings. The second kappa shape index (κ2) is 4.45. The van der Waals surface area contributed by atoms with Crippen molar-refractivity contribution in [3.05, 3.63) is 35.9 Å². The highest BCUT2D eigenvalue weighted by atomic mass is 16.3. The Balaban J connectivity index is 1.98. The third kappa shape index (κ3) is 2.57. The lowest BCUT2D eigenvalue weighted by Crippen LogP contribution is -2.40. The standard InChI is InChI=1S/C12H15NO2/c14-11-6-7-13(12(15)8-11)9-10-4-2-1-3-5-10/h1-5,11,14H,6-9H2. The van der Waals surface area contributed by atoms with Gasteiger partial charge in [0.1, 0.15) is 0 Å². The molecule has 1 unspecified atom stereocenters. The summed E-state index contributed by atoms with van der Waals surface area (Å²) in [5.74, 6) is 0.0533. The van der Waals surface area contributed by atoms with E-state index in [1.807, 2.05) is 35.2 Å². The molecule has 1 aromatic carbocycles. The number of nitrogens with zero attached hydrogens (tertiary/aromatic N) is 1. The van der Waals surface area contributed by atoms with Gasteiger partial charge in [0, 0.05) is 13.1 Å². The smallest absolute Gasteiger partial charge is 0.225 e. The molecule has 0 spiro atoms. The van der Waals surface area contributed by atoms with Gasteiger partial charge in [0.25, 0.3) is 0 Å². The van der Waals surface area contributed by atoms with Gasteiger partial charge in [0.05, 0.1) is 12.5 Å². The molecule has 15 heavy (non-hydrogen) atoms. The molecule has 1 aromatic rings. The largest absolute Gasteiger partial charge is 0.393 e. The zero-order valence-electron chi connectivity index (χ0n) is 8.60. The summed E-state index contributed by atoms with van der Waals surface area (Å²) in [5, 5.41) is 9.32. The topological polar surface area (TPSA) is 40.5 Å². The summed E-state index contributed by atoms with van der Waals surface area (Å²) in [7, 11) is 0. The Bertz CT molecular complexity index is 337. The van der Waals surface area contributed by atoms with Crippen LogP contribution in [0.25, 0.3) is 0 Å². The summed E-state index contributed by atoms with van der Waals surface area (Å²) in [6, 6.07) is 9.93. The zero-order chi connectivity index (χ0) is 10.7. The molecule has 0 saturated carbocycles. The Kier molecular flexibility index (Phi) is 3.02. The summed E-state index contributed by atoms with van der Waals surface area (Å²) >= 11 is 0. The van der Waals surface area contributed by atoms with E-state index in [4.69, 9.17) is 0 Å². The van der Waals surface area contributed by atoms with Crippen molar-refractivity contribution in [1.82, 2.24) is 4.90 Å². The fourth-order valence-electron chi connectivity index (χ4n) is 1.83. The minimum Gasteiger partial charge on any atom is -0.393 e. The number of piperidine rings is 1. The highest BCUT2D eigenvalue weighted by Gasteiger charge is 2.23. The Morgan fingerprint density at radius 2 is 2.07 bits per heavy atom. The van der Waals surface area contributed by atoms with Gasteiger partial charge < -0.3 is 10.0 Å². The van der Waals surface area contributed by atoms with Crippen LogP contribution in [0.1, 0.15) is 18.4 Å². The van der Waals surface area contributed by atoms with Crippen molar-refractivity contribution in [3.63, 3.8) is 0 Å². The van der Waals surface area contributed by atoms with Crippen molar-refractivity contribution in [2.24, 2.45) is 0 Å². The van der Waals surface area contributed by atoms with Crippen LogP contribution < -0.4 is 0 Å². The van der Waals surface area contributed by atoms with Gasteiger partial charge in [-0.1, -0.05) is 30.3 Å². The van der Waals surface area contributed by atoms with E-state index in [1.54, 1.807) is 0 Å². The van der Waals surface area contributed by atoms with E-state index < -0.39 is 6.10 Å². The van der Waals surface area contributed by atoms with Crippen LogP contribution in [0.2, 0.25) is 0 Å². The molecule has 0 aromatic heterocycles. The van der Waals surface area contributed by atoms with Crippen LogP contribution in [0.5, 0.6) is 0 Å². The fraction of sp³-hybridized carbons (Fsp3) is 0.417. The number of carbonyl (C=O) groups excluding carboxylic acids is 1. The van der Waals surface area contributed by atoms with Crippen LogP contribution >= 0.6 is 0 Å². The number of aliphatic hydroxyl groups is 1. The second-order valence-corrected chi connectivity index (χ2v) is 3.95. The van der Waals surface area contributed by atoms with Gasteiger partial charge in [-0.3, -0.25) is 4.79 Å². The third-order valence-electron chi connectivity index (χ3n) is 2.71. The molecule has 0 bridgehead atoms. The minimum atomic E-state index is -0.440. The van der Waals surface area contributed by atoms with Gasteiger partial charge in [-0.2, -0.15) is 0 Å². The van der Waals surface area contributed by atoms with E-state index in [9.17, 15) is 9.90 Å². The lowest BCUT2D eigenvalue weighted by molar-refractivity contribution is -0.137. The molecule has 1 amide bonds. The lowest BCUT2D eigenvalue weighted by atomic mass is 10.1. The van der Waals surface area contributed by atoms with E-state index in [-0.39, 0.29) is 12.3 Å². The number of hydrogen-bond acceptors (Lipinski definition) is 2. The average Bonchev–Trinajstić information content (AvgIpc) is 2.24. The van der Waals surface area contributed by atoms with Crippen molar-refractivity contribution < 1.29 is 9.90 Å². The number of likely N-dealkylation sites (tertiary alicyclic amines) is 1. The van der Waals surface area contributed by atoms with Crippen LogP contribution in [0, 0.1) is 0 Å². The number of benzene rings is 1. The van der Waals surface area contributed by atoms with Crippen LogP contribution in [0.3, 0.4) is 0 Å². The van der Waals surface area contributed by atoms with Crippen molar-refractivity contribution in [1.29, 1.82) is 0 Å². The molecule has 1 aliphatic heterocycles. The maximum Gasteiger partial charge on any atom is 0.225 e. The molecule has 1 N–H and O–H groups in total. The molecule has 3 nitrogen and oxygen atoms in total. The maximum atomic E-state index is 11.6. The van der Waals surface area contributed by atoms with Gasteiger partial charge >= 0.3 is 0 Å². The molecule has 1 saturated heterocycles. The first-order chi connectivity index (χ1) is 7.25. The number of hydrogen-bond donors (Lipinski definition) is 1. The summed E-state index contributed by atoms with van der Waals surface area (Å²) in [6.07, 6.45) is 0.523. The molecule has 80 valence electrons. The molecular formula is C12H15NO2. The highest BCUT2D eigenvalue weighted by Crippen LogP contribution is 2.14. The molecule has 1 fully saturated rings. The average molecular weight is 205 g/mol. The third-order valence-corrected chi connectivity index (χ3v) is 2.71. The Hall–Kier alpha value is -1.35. The molecule has 1 heterocycles. The normalized spacial score (nSPS) is 21.8. The van der Waals surface area contributed by atoms with Crippen molar-refractivity contribution >= 4 is 5.91 Å². The van der Waals surface area contributed by atoms with Gasteiger partial charge in [-0.05, 0) is 12.0 Å². The van der Waals surface area contributed by atoms with Gasteiger partial charge in [-0.25, -0.2) is 0 Å². The van der Waals surface area contributed by atoms with E-state index in [0.29, 0.717) is 19.5 Å². The van der Waals surface area contributed by atoms with Crippen LogP contribution in [-0.2, 0) is 11.3 Å². The molecular weight excluding hydrogens is 190 g/mol. The van der Waals surface area contributed by atoms with Crippen molar-refractivity contribution in [3.8, 4) is 0 Å². The Morgan fingerprint density at radius 3 is 2.73 bits per heavy atom. The predicted octanol–water partition coefficient (Wildman–Crippen LogP) is 1.17. The number of amides is 1.